The first-order chi connectivity index (χ1) is 16.4. The van der Waals surface area contributed by atoms with E-state index in [1.807, 2.05) is 31.2 Å². The quantitative estimate of drug-likeness (QED) is 0.335. The Kier molecular flexibility index (Phi) is 8.85. The van der Waals surface area contributed by atoms with E-state index >= 15 is 0 Å². The molecule has 6 nitrogen and oxygen atoms in total. The highest BCUT2D eigenvalue weighted by Crippen LogP contribution is 2.47. The van der Waals surface area contributed by atoms with Gasteiger partial charge in [-0.1, -0.05) is 18.2 Å². The van der Waals surface area contributed by atoms with Gasteiger partial charge in [-0.05, 0) is 80.3 Å². The Morgan fingerprint density at radius 1 is 0.882 bits per heavy atom. The Morgan fingerprint density at radius 3 is 2.12 bits per heavy atom. The first kappa shape index (κ1) is 25.5. The number of carbonyl (C=O) groups is 1. The molecule has 3 rings (SSSR count). The Bertz CT molecular complexity index is 1010. The van der Waals surface area contributed by atoms with Gasteiger partial charge in [0.1, 0.15) is 0 Å². The summed E-state index contributed by atoms with van der Waals surface area (Å²) >= 11 is 0. The van der Waals surface area contributed by atoms with E-state index in [-0.39, 0.29) is 17.8 Å². The van der Waals surface area contributed by atoms with Crippen molar-refractivity contribution in [3.63, 3.8) is 0 Å². The average molecular weight is 469 g/mol. The van der Waals surface area contributed by atoms with Gasteiger partial charge in [-0.15, -0.1) is 0 Å². The summed E-state index contributed by atoms with van der Waals surface area (Å²) in [4.78, 5) is 12.4. The predicted molar refractivity (Wildman–Crippen MR) is 132 cm³/mol. The molecule has 0 aliphatic heterocycles. The summed E-state index contributed by atoms with van der Waals surface area (Å²) in [5, 5.41) is 0. The molecule has 1 aliphatic rings. The second-order valence-corrected chi connectivity index (χ2v) is 8.69. The third-order valence-corrected chi connectivity index (χ3v) is 6.91. The zero-order valence-corrected chi connectivity index (χ0v) is 21.1. The Hall–Kier alpha value is -3.15. The monoisotopic (exact) mass is 468 g/mol. The lowest BCUT2D eigenvalue weighted by Crippen LogP contribution is -2.24. The number of carbonyl (C=O) groups excluding carboxylic acids is 1. The molecule has 0 amide bonds. The molecule has 1 fully saturated rings. The summed E-state index contributed by atoms with van der Waals surface area (Å²) in [6.07, 6.45) is 4.70. The molecule has 1 aliphatic carbocycles. The topological polar surface area (TPSA) is 63.2 Å². The SMILES string of the molecule is C/C=C(/C)C(=O)OC[C@H]1[C@@H](Cc2ccc(OC)c(OC)c2)CC[C@@H]1c1ccc(OC)c(OC)c1. The van der Waals surface area contributed by atoms with E-state index in [9.17, 15) is 4.79 Å². The van der Waals surface area contributed by atoms with E-state index < -0.39 is 0 Å². The van der Waals surface area contributed by atoms with Crippen LogP contribution < -0.4 is 18.9 Å². The number of hydrogen-bond donors (Lipinski definition) is 0. The third-order valence-electron chi connectivity index (χ3n) is 6.91. The molecule has 2 aromatic carbocycles. The average Bonchev–Trinajstić information content (AvgIpc) is 3.27. The van der Waals surface area contributed by atoms with Gasteiger partial charge in [0.2, 0.25) is 0 Å². The first-order valence-electron chi connectivity index (χ1n) is 11.7. The van der Waals surface area contributed by atoms with Crippen molar-refractivity contribution in [1.29, 1.82) is 0 Å². The molecule has 0 heterocycles. The van der Waals surface area contributed by atoms with Gasteiger partial charge in [0.05, 0.1) is 35.0 Å². The maximum Gasteiger partial charge on any atom is 0.333 e. The summed E-state index contributed by atoms with van der Waals surface area (Å²) in [5.41, 5.74) is 2.98. The number of hydrogen-bond acceptors (Lipinski definition) is 6. The smallest absolute Gasteiger partial charge is 0.333 e. The maximum atomic E-state index is 12.4. The van der Waals surface area contributed by atoms with Crippen molar-refractivity contribution in [2.75, 3.05) is 35.0 Å². The van der Waals surface area contributed by atoms with E-state index in [2.05, 4.69) is 12.1 Å². The number of rotatable bonds is 10. The van der Waals surface area contributed by atoms with E-state index in [0.717, 1.165) is 25.0 Å². The summed E-state index contributed by atoms with van der Waals surface area (Å²) in [5.74, 6) is 3.39. The van der Waals surface area contributed by atoms with E-state index in [1.165, 1.54) is 11.1 Å². The van der Waals surface area contributed by atoms with Crippen molar-refractivity contribution < 1.29 is 28.5 Å². The van der Waals surface area contributed by atoms with Crippen LogP contribution in [0.1, 0.15) is 43.7 Å². The zero-order valence-electron chi connectivity index (χ0n) is 21.1. The van der Waals surface area contributed by atoms with Crippen LogP contribution in [-0.4, -0.2) is 41.0 Å². The fourth-order valence-corrected chi connectivity index (χ4v) is 4.87. The lowest BCUT2D eigenvalue weighted by molar-refractivity contribution is -0.140. The second kappa shape index (κ2) is 11.8. The van der Waals surface area contributed by atoms with Gasteiger partial charge in [-0.25, -0.2) is 4.79 Å². The predicted octanol–water partition coefficient (Wildman–Crippen LogP) is 5.58. The summed E-state index contributed by atoms with van der Waals surface area (Å²) in [6.45, 7) is 4.00. The van der Waals surface area contributed by atoms with Gasteiger partial charge < -0.3 is 23.7 Å². The highest BCUT2D eigenvalue weighted by atomic mass is 16.5. The maximum absolute atomic E-state index is 12.4. The van der Waals surface area contributed by atoms with E-state index in [0.29, 0.717) is 35.3 Å². The van der Waals surface area contributed by atoms with Crippen molar-refractivity contribution in [3.8, 4) is 23.0 Å². The molecular weight excluding hydrogens is 432 g/mol. The van der Waals surface area contributed by atoms with Crippen LogP contribution in [0.3, 0.4) is 0 Å². The van der Waals surface area contributed by atoms with E-state index in [4.69, 9.17) is 23.7 Å². The molecule has 0 bridgehead atoms. The highest BCUT2D eigenvalue weighted by Gasteiger charge is 2.38. The minimum atomic E-state index is -0.259. The van der Waals surface area contributed by atoms with Crippen molar-refractivity contribution in [2.24, 2.45) is 11.8 Å². The van der Waals surface area contributed by atoms with Crippen LogP contribution in [0.5, 0.6) is 23.0 Å². The van der Waals surface area contributed by atoms with E-state index in [1.54, 1.807) is 41.4 Å². The fraction of sp³-hybridized carbons (Fsp3) is 0.464. The molecule has 0 radical (unpaired) electrons. The molecule has 2 aromatic rings. The molecule has 1 saturated carbocycles. The Balaban J connectivity index is 1.87. The van der Waals surface area contributed by atoms with Crippen LogP contribution in [0.25, 0.3) is 0 Å². The summed E-state index contributed by atoms with van der Waals surface area (Å²) in [7, 11) is 6.57. The Labute approximate surface area is 202 Å². The van der Waals surface area contributed by atoms with Gasteiger partial charge in [0.25, 0.3) is 0 Å². The standard InChI is InChI=1S/C28H36O6/c1-7-18(2)28(29)34-17-23-20(14-19-8-12-24(30-3)26(15-19)32-5)9-11-22(23)21-10-13-25(31-4)27(16-21)33-6/h7-8,10,12-13,15-16,20,22-23H,9,11,14,17H2,1-6H3/b18-7-/t20-,22-,23+/m1/s1. The number of esters is 1. The normalized spacial score (nSPS) is 20.1. The fourth-order valence-electron chi connectivity index (χ4n) is 4.87. The lowest BCUT2D eigenvalue weighted by Gasteiger charge is -2.26. The molecule has 34 heavy (non-hydrogen) atoms. The molecule has 184 valence electrons. The number of methoxy groups -OCH3 is 4. The van der Waals surface area contributed by atoms with Crippen LogP contribution in [-0.2, 0) is 16.0 Å². The minimum Gasteiger partial charge on any atom is -0.493 e. The lowest BCUT2D eigenvalue weighted by atomic mass is 9.82. The molecule has 0 aromatic heterocycles. The molecule has 6 heteroatoms. The molecule has 3 atom stereocenters. The number of ether oxygens (including phenoxy) is 5. The highest BCUT2D eigenvalue weighted by molar-refractivity contribution is 5.87. The van der Waals surface area contributed by atoms with Crippen LogP contribution in [0.2, 0.25) is 0 Å². The summed E-state index contributed by atoms with van der Waals surface area (Å²) < 4.78 is 27.6. The third kappa shape index (κ3) is 5.66. The van der Waals surface area contributed by atoms with Crippen molar-refractivity contribution in [2.45, 2.75) is 39.0 Å². The zero-order chi connectivity index (χ0) is 24.7. The Morgan fingerprint density at radius 2 is 1.50 bits per heavy atom. The molecular formula is C28H36O6. The number of allylic oxidation sites excluding steroid dienone is 1. The largest absolute Gasteiger partial charge is 0.493 e. The first-order valence-corrected chi connectivity index (χ1v) is 11.7. The van der Waals surface area contributed by atoms with Crippen LogP contribution in [0, 0.1) is 11.8 Å². The van der Waals surface area contributed by atoms with Gasteiger partial charge in [-0.2, -0.15) is 0 Å². The van der Waals surface area contributed by atoms with Crippen molar-refractivity contribution >= 4 is 5.97 Å². The molecule has 0 N–H and O–H groups in total. The van der Waals surface area contributed by atoms with Crippen LogP contribution >= 0.6 is 0 Å². The van der Waals surface area contributed by atoms with Crippen molar-refractivity contribution in [3.05, 3.63) is 59.2 Å². The van der Waals surface area contributed by atoms with Gasteiger partial charge in [-0.3, -0.25) is 0 Å². The molecule has 0 spiro atoms. The second-order valence-electron chi connectivity index (χ2n) is 8.69. The van der Waals surface area contributed by atoms with Crippen LogP contribution in [0.15, 0.2) is 48.0 Å². The molecule has 0 saturated heterocycles. The number of benzene rings is 2. The summed E-state index contributed by atoms with van der Waals surface area (Å²) in [6, 6.07) is 12.2. The van der Waals surface area contributed by atoms with Crippen LogP contribution in [0.4, 0.5) is 0 Å². The minimum absolute atomic E-state index is 0.180. The van der Waals surface area contributed by atoms with Gasteiger partial charge in [0, 0.05) is 11.5 Å². The van der Waals surface area contributed by atoms with Crippen molar-refractivity contribution in [1.82, 2.24) is 0 Å². The van der Waals surface area contributed by atoms with Gasteiger partial charge >= 0.3 is 5.97 Å². The van der Waals surface area contributed by atoms with Gasteiger partial charge in [0.15, 0.2) is 23.0 Å². The molecule has 0 unspecified atom stereocenters.